The van der Waals surface area contributed by atoms with E-state index in [0.717, 1.165) is 25.8 Å². The first-order chi connectivity index (χ1) is 16.3. The minimum Gasteiger partial charge on any atom is -0.461 e. The van der Waals surface area contributed by atoms with Crippen LogP contribution in [0.4, 0.5) is 0 Å². The number of benzene rings is 2. The molecule has 4 rings (SSSR count). The first-order valence-electron chi connectivity index (χ1n) is 13.0. The lowest BCUT2D eigenvalue weighted by molar-refractivity contribution is -0.164. The van der Waals surface area contributed by atoms with Crippen molar-refractivity contribution < 1.29 is 9.53 Å². The predicted molar refractivity (Wildman–Crippen MR) is 140 cm³/mol. The molecular weight excluding hydrogens is 418 g/mol. The van der Waals surface area contributed by atoms with E-state index in [0.29, 0.717) is 11.8 Å². The van der Waals surface area contributed by atoms with Gasteiger partial charge in [-0.3, -0.25) is 9.69 Å². The van der Waals surface area contributed by atoms with Crippen LogP contribution in [-0.2, 0) is 14.9 Å². The van der Waals surface area contributed by atoms with Gasteiger partial charge in [0.2, 0.25) is 0 Å². The van der Waals surface area contributed by atoms with Crippen molar-refractivity contribution in [3.63, 3.8) is 0 Å². The van der Waals surface area contributed by atoms with E-state index in [1.54, 1.807) is 0 Å². The summed E-state index contributed by atoms with van der Waals surface area (Å²) < 4.78 is 6.48. The Labute approximate surface area is 206 Å². The first-order valence-corrected chi connectivity index (χ1v) is 13.0. The number of carbonyl (C=O) groups excluding carboxylic acids is 1. The van der Waals surface area contributed by atoms with E-state index < -0.39 is 0 Å². The van der Waals surface area contributed by atoms with Crippen molar-refractivity contribution >= 4 is 5.97 Å². The van der Waals surface area contributed by atoms with E-state index in [1.807, 2.05) is 6.07 Å². The molecule has 2 aromatic rings. The second kappa shape index (κ2) is 10.5. The molecule has 0 N–H and O–H groups in total. The molecule has 0 unspecified atom stereocenters. The highest BCUT2D eigenvalue weighted by molar-refractivity contribution is 5.77. The van der Waals surface area contributed by atoms with Crippen molar-refractivity contribution in [1.82, 2.24) is 4.90 Å². The van der Waals surface area contributed by atoms with Crippen molar-refractivity contribution in [2.75, 3.05) is 6.54 Å². The van der Waals surface area contributed by atoms with Crippen molar-refractivity contribution in [2.24, 2.45) is 11.8 Å². The van der Waals surface area contributed by atoms with Gasteiger partial charge in [0.15, 0.2) is 0 Å². The van der Waals surface area contributed by atoms with Gasteiger partial charge >= 0.3 is 5.97 Å². The molecule has 3 nitrogen and oxygen atoms in total. The van der Waals surface area contributed by atoms with Crippen LogP contribution >= 0.6 is 0 Å². The molecule has 1 aliphatic carbocycles. The Kier molecular flexibility index (Phi) is 7.62. The third-order valence-corrected chi connectivity index (χ3v) is 8.38. The van der Waals surface area contributed by atoms with Crippen LogP contribution in [0.2, 0.25) is 0 Å². The van der Waals surface area contributed by atoms with Gasteiger partial charge in [-0.15, -0.1) is 0 Å². The van der Waals surface area contributed by atoms with Gasteiger partial charge in [0.1, 0.15) is 12.1 Å². The quantitative estimate of drug-likeness (QED) is 0.341. The molecule has 34 heavy (non-hydrogen) atoms. The number of nitrogens with zero attached hydrogens (tertiary/aromatic N) is 1. The summed E-state index contributed by atoms with van der Waals surface area (Å²) in [7, 11) is 0. The van der Waals surface area contributed by atoms with E-state index >= 15 is 0 Å². The fourth-order valence-electron chi connectivity index (χ4n) is 6.06. The zero-order valence-electron chi connectivity index (χ0n) is 21.5. The van der Waals surface area contributed by atoms with Crippen LogP contribution in [0.15, 0.2) is 72.3 Å². The van der Waals surface area contributed by atoms with Crippen molar-refractivity contribution in [2.45, 2.75) is 83.9 Å². The summed E-state index contributed by atoms with van der Waals surface area (Å²) in [5.74, 6) is 0.839. The third kappa shape index (κ3) is 5.30. The Morgan fingerprint density at radius 1 is 1.03 bits per heavy atom. The molecule has 1 heterocycles. The minimum atomic E-state index is -0.238. The van der Waals surface area contributed by atoms with E-state index in [9.17, 15) is 4.79 Å². The molecule has 182 valence electrons. The average Bonchev–Trinajstić information content (AvgIpc) is 2.84. The molecule has 1 fully saturated rings. The molecule has 5 atom stereocenters. The van der Waals surface area contributed by atoms with Crippen LogP contribution in [0.5, 0.6) is 0 Å². The Morgan fingerprint density at radius 3 is 2.35 bits per heavy atom. The largest absolute Gasteiger partial charge is 0.461 e. The second-order valence-electron chi connectivity index (χ2n) is 11.1. The highest BCUT2D eigenvalue weighted by Gasteiger charge is 2.43. The van der Waals surface area contributed by atoms with E-state index in [-0.39, 0.29) is 29.6 Å². The zero-order valence-corrected chi connectivity index (χ0v) is 21.5. The summed E-state index contributed by atoms with van der Waals surface area (Å²) in [5, 5.41) is 0. The predicted octanol–water partition coefficient (Wildman–Crippen LogP) is 7.09. The number of carbonyl (C=O) groups is 1. The van der Waals surface area contributed by atoms with Crippen molar-refractivity contribution in [3.8, 4) is 0 Å². The van der Waals surface area contributed by atoms with Gasteiger partial charge in [-0.1, -0.05) is 99.5 Å². The monoisotopic (exact) mass is 459 g/mol. The highest BCUT2D eigenvalue weighted by atomic mass is 16.5. The van der Waals surface area contributed by atoms with Gasteiger partial charge in [-0.2, -0.15) is 0 Å². The summed E-state index contributed by atoms with van der Waals surface area (Å²) in [6.45, 7) is 12.1. The summed E-state index contributed by atoms with van der Waals surface area (Å²) >= 11 is 0. The Balaban J connectivity index is 1.56. The van der Waals surface area contributed by atoms with E-state index in [2.05, 4.69) is 100 Å². The lowest BCUT2D eigenvalue weighted by Gasteiger charge is -2.45. The summed E-state index contributed by atoms with van der Waals surface area (Å²) in [6.07, 6.45) is 6.18. The molecular formula is C31H41NO2. The standard InChI is InChI=1S/C31H41NO2/c1-22-16-17-27(31(4,5)26-14-10-7-11-15-26)29(21-22)34-30(33)28-20-23(2)18-19-32(28)24(3)25-12-8-6-9-13-25/h6-15,18,22,24,27-29H,16-17,19-21H2,1-5H3/t22-,24-,27-,28+,29-/m1/s1. The number of rotatable bonds is 6. The van der Waals surface area contributed by atoms with Crippen molar-refractivity contribution in [3.05, 3.63) is 83.4 Å². The lowest BCUT2D eigenvalue weighted by Crippen LogP contribution is -2.49. The molecule has 0 amide bonds. The highest BCUT2D eigenvalue weighted by Crippen LogP contribution is 2.44. The van der Waals surface area contributed by atoms with Gasteiger partial charge in [0.25, 0.3) is 0 Å². The molecule has 2 aromatic carbocycles. The maximum absolute atomic E-state index is 13.8. The van der Waals surface area contributed by atoms with Crippen LogP contribution in [0, 0.1) is 11.8 Å². The van der Waals surface area contributed by atoms with Crippen LogP contribution in [0.1, 0.15) is 77.5 Å². The van der Waals surface area contributed by atoms with Gasteiger partial charge < -0.3 is 4.74 Å². The first kappa shape index (κ1) is 24.7. The Bertz CT molecular complexity index is 981. The summed E-state index contributed by atoms with van der Waals surface area (Å²) in [5.41, 5.74) is 3.79. The minimum absolute atomic E-state index is 0.0495. The Hall–Kier alpha value is -2.39. The van der Waals surface area contributed by atoms with Crippen LogP contribution in [0.3, 0.4) is 0 Å². The SMILES string of the molecule is CC1=CCN([C@H](C)c2ccccc2)[C@H](C(=O)O[C@@H]2C[C@H](C)CC[C@H]2C(C)(C)c2ccccc2)C1. The van der Waals surface area contributed by atoms with Gasteiger partial charge in [-0.05, 0) is 55.6 Å². The summed E-state index contributed by atoms with van der Waals surface area (Å²) in [4.78, 5) is 16.1. The van der Waals surface area contributed by atoms with Crippen LogP contribution < -0.4 is 0 Å². The average molecular weight is 460 g/mol. The molecule has 0 bridgehead atoms. The van der Waals surface area contributed by atoms with Crippen LogP contribution in [0.25, 0.3) is 0 Å². The number of esters is 1. The maximum atomic E-state index is 13.8. The normalized spacial score (nSPS) is 27.0. The van der Waals surface area contributed by atoms with Gasteiger partial charge in [0.05, 0.1) is 0 Å². The fraction of sp³-hybridized carbons (Fsp3) is 0.516. The smallest absolute Gasteiger partial charge is 0.324 e. The number of hydrogen-bond acceptors (Lipinski definition) is 3. The molecule has 0 aromatic heterocycles. The van der Waals surface area contributed by atoms with Crippen LogP contribution in [-0.4, -0.2) is 29.6 Å². The van der Waals surface area contributed by atoms with Crippen molar-refractivity contribution in [1.29, 1.82) is 0 Å². The molecule has 0 radical (unpaired) electrons. The van der Waals surface area contributed by atoms with E-state index in [4.69, 9.17) is 4.74 Å². The fourth-order valence-corrected chi connectivity index (χ4v) is 6.06. The summed E-state index contributed by atoms with van der Waals surface area (Å²) in [6, 6.07) is 21.1. The van der Waals surface area contributed by atoms with Gasteiger partial charge in [-0.25, -0.2) is 0 Å². The molecule has 3 heteroatoms. The number of ether oxygens (including phenoxy) is 1. The Morgan fingerprint density at radius 2 is 1.68 bits per heavy atom. The second-order valence-corrected chi connectivity index (χ2v) is 11.1. The molecule has 1 aliphatic heterocycles. The molecule has 1 saturated carbocycles. The molecule has 0 spiro atoms. The third-order valence-electron chi connectivity index (χ3n) is 8.38. The molecule has 0 saturated heterocycles. The molecule has 2 aliphatic rings. The lowest BCUT2D eigenvalue weighted by atomic mass is 9.64. The number of hydrogen-bond donors (Lipinski definition) is 0. The van der Waals surface area contributed by atoms with E-state index in [1.165, 1.54) is 23.1 Å². The maximum Gasteiger partial charge on any atom is 0.324 e. The topological polar surface area (TPSA) is 29.5 Å². The van der Waals surface area contributed by atoms with Gasteiger partial charge in [0, 0.05) is 18.5 Å². The zero-order chi connectivity index (χ0) is 24.3.